The van der Waals surface area contributed by atoms with Gasteiger partial charge in [-0.3, -0.25) is 0 Å². The number of rotatable bonds is 4. The first-order chi connectivity index (χ1) is 10.8. The predicted molar refractivity (Wildman–Crippen MR) is 98.7 cm³/mol. The van der Waals surface area contributed by atoms with E-state index < -0.39 is 0 Å². The number of thioether (sulfide) groups is 1. The number of fused-ring (bicyclic) bond motifs is 2. The van der Waals surface area contributed by atoms with Crippen molar-refractivity contribution in [2.24, 2.45) is 11.7 Å². The van der Waals surface area contributed by atoms with Gasteiger partial charge < -0.3 is 5.73 Å². The average molecular weight is 311 g/mol. The number of hydrogen-bond acceptors (Lipinski definition) is 2. The Morgan fingerprint density at radius 3 is 2.91 bits per heavy atom. The van der Waals surface area contributed by atoms with E-state index >= 15 is 0 Å². The zero-order valence-electron chi connectivity index (χ0n) is 13.5. The summed E-state index contributed by atoms with van der Waals surface area (Å²) in [6.45, 7) is 5.08. The molecule has 2 aliphatic carbocycles. The van der Waals surface area contributed by atoms with E-state index in [9.17, 15) is 0 Å². The molecular weight excluding hydrogens is 286 g/mol. The van der Waals surface area contributed by atoms with Crippen molar-refractivity contribution in [1.82, 2.24) is 0 Å². The Labute approximate surface area is 138 Å². The van der Waals surface area contributed by atoms with Crippen LogP contribution in [0.25, 0.3) is 0 Å². The lowest BCUT2D eigenvalue weighted by Gasteiger charge is -2.24. The molecule has 0 spiro atoms. The van der Waals surface area contributed by atoms with Crippen LogP contribution in [0.4, 0.5) is 0 Å². The molecule has 1 aliphatic heterocycles. The fraction of sp³-hybridized carbons (Fsp3) is 0.400. The first kappa shape index (κ1) is 15.6. The minimum atomic E-state index is 0.584. The smallest absolute Gasteiger partial charge is 0.0378 e. The number of nitrogens with two attached hydrogens (primary N) is 1. The highest BCUT2D eigenvalue weighted by Crippen LogP contribution is 2.53. The molecule has 0 amide bonds. The Kier molecular flexibility index (Phi) is 4.90. The van der Waals surface area contributed by atoms with Gasteiger partial charge >= 0.3 is 0 Å². The van der Waals surface area contributed by atoms with Crippen molar-refractivity contribution in [1.29, 1.82) is 0 Å². The average Bonchev–Trinajstić information content (AvgIpc) is 2.92. The van der Waals surface area contributed by atoms with E-state index in [1.807, 2.05) is 11.8 Å². The molecule has 0 fully saturated rings. The van der Waals surface area contributed by atoms with Gasteiger partial charge in [-0.05, 0) is 48.5 Å². The summed E-state index contributed by atoms with van der Waals surface area (Å²) in [6.07, 6.45) is 19.1. The van der Waals surface area contributed by atoms with Gasteiger partial charge in [0, 0.05) is 22.6 Å². The molecule has 2 heteroatoms. The van der Waals surface area contributed by atoms with Crippen LogP contribution in [0.2, 0.25) is 0 Å². The van der Waals surface area contributed by atoms with Gasteiger partial charge in [0.05, 0.1) is 0 Å². The standard InChI is InChI=1S/C20H25NS/c1-3-4-5-8-14(2)19-15(13-21)11-12-17-16-9-6-7-10-18(16)22-20(17)19/h4-10,16,18H,3,11-13,21H2,1-2H3/b5-4-,14-8+. The van der Waals surface area contributed by atoms with Crippen LogP contribution in [0.1, 0.15) is 33.1 Å². The van der Waals surface area contributed by atoms with E-state index in [-0.39, 0.29) is 0 Å². The van der Waals surface area contributed by atoms with Gasteiger partial charge in [0.2, 0.25) is 0 Å². The summed E-state index contributed by atoms with van der Waals surface area (Å²) in [6, 6.07) is 0. The van der Waals surface area contributed by atoms with Crippen molar-refractivity contribution in [2.75, 3.05) is 6.54 Å². The van der Waals surface area contributed by atoms with Crippen LogP contribution in [0, 0.1) is 5.92 Å². The van der Waals surface area contributed by atoms with Gasteiger partial charge in [0.15, 0.2) is 0 Å². The quantitative estimate of drug-likeness (QED) is 0.734. The molecule has 0 aromatic carbocycles. The Bertz CT molecular complexity index is 628. The van der Waals surface area contributed by atoms with Crippen LogP contribution in [0.15, 0.2) is 69.7 Å². The fourth-order valence-corrected chi connectivity index (χ4v) is 5.20. The normalized spacial score (nSPS) is 27.9. The molecule has 3 aliphatic rings. The lowest BCUT2D eigenvalue weighted by molar-refractivity contribution is 0.717. The Hall–Kier alpha value is -1.25. The molecule has 22 heavy (non-hydrogen) atoms. The van der Waals surface area contributed by atoms with E-state index in [0.717, 1.165) is 12.8 Å². The van der Waals surface area contributed by atoms with Crippen molar-refractivity contribution in [3.8, 4) is 0 Å². The van der Waals surface area contributed by atoms with Gasteiger partial charge in [0.25, 0.3) is 0 Å². The van der Waals surface area contributed by atoms with Gasteiger partial charge in [-0.2, -0.15) is 0 Å². The second-order valence-electron chi connectivity index (χ2n) is 6.10. The van der Waals surface area contributed by atoms with Gasteiger partial charge in [-0.15, -0.1) is 11.8 Å². The maximum atomic E-state index is 6.05. The topological polar surface area (TPSA) is 26.0 Å². The van der Waals surface area contributed by atoms with E-state index in [0.29, 0.717) is 17.7 Å². The number of hydrogen-bond donors (Lipinski definition) is 1. The molecule has 0 aromatic heterocycles. The molecule has 1 heterocycles. The molecular formula is C20H25NS. The highest BCUT2D eigenvalue weighted by atomic mass is 32.2. The third-order valence-corrected chi connectivity index (χ3v) is 6.09. The molecule has 1 nitrogen and oxygen atoms in total. The van der Waals surface area contributed by atoms with E-state index in [2.05, 4.69) is 56.4 Å². The third-order valence-electron chi connectivity index (χ3n) is 4.67. The third kappa shape index (κ3) is 2.82. The van der Waals surface area contributed by atoms with Crippen LogP contribution in [0.5, 0.6) is 0 Å². The summed E-state index contributed by atoms with van der Waals surface area (Å²) >= 11 is 2.04. The van der Waals surface area contributed by atoms with Crippen molar-refractivity contribution in [3.63, 3.8) is 0 Å². The second-order valence-corrected chi connectivity index (χ2v) is 7.29. The van der Waals surface area contributed by atoms with Crippen molar-refractivity contribution < 1.29 is 0 Å². The van der Waals surface area contributed by atoms with E-state index in [1.54, 1.807) is 5.57 Å². The Morgan fingerprint density at radius 1 is 1.32 bits per heavy atom. The van der Waals surface area contributed by atoms with Crippen LogP contribution in [0.3, 0.4) is 0 Å². The van der Waals surface area contributed by atoms with E-state index in [1.165, 1.54) is 28.0 Å². The fourth-order valence-electron chi connectivity index (χ4n) is 3.54. The molecule has 0 aromatic rings. The van der Waals surface area contributed by atoms with Crippen molar-refractivity contribution >= 4 is 11.8 Å². The molecule has 2 unspecified atom stereocenters. The van der Waals surface area contributed by atoms with Crippen LogP contribution in [-0.2, 0) is 0 Å². The maximum absolute atomic E-state index is 6.05. The molecule has 2 N–H and O–H groups in total. The van der Waals surface area contributed by atoms with Gasteiger partial charge in [-0.1, -0.05) is 49.5 Å². The summed E-state index contributed by atoms with van der Waals surface area (Å²) in [7, 11) is 0. The molecule has 0 radical (unpaired) electrons. The van der Waals surface area contributed by atoms with Crippen LogP contribution < -0.4 is 5.73 Å². The first-order valence-corrected chi connectivity index (χ1v) is 9.15. The summed E-state index contributed by atoms with van der Waals surface area (Å²) in [5, 5.41) is 0.584. The summed E-state index contributed by atoms with van der Waals surface area (Å²) in [5.41, 5.74) is 11.9. The monoisotopic (exact) mass is 311 g/mol. The van der Waals surface area contributed by atoms with Gasteiger partial charge in [-0.25, -0.2) is 0 Å². The molecule has 0 bridgehead atoms. The largest absolute Gasteiger partial charge is 0.327 e. The molecule has 0 saturated heterocycles. The second kappa shape index (κ2) is 6.89. The van der Waals surface area contributed by atoms with E-state index in [4.69, 9.17) is 5.73 Å². The zero-order valence-corrected chi connectivity index (χ0v) is 14.3. The lowest BCUT2D eigenvalue weighted by atomic mass is 9.81. The molecule has 116 valence electrons. The SMILES string of the molecule is CC/C=C\C=C(/C)C1=C(CN)CCC2=C1SC1C=CC=CC21. The summed E-state index contributed by atoms with van der Waals surface area (Å²) in [4.78, 5) is 1.51. The van der Waals surface area contributed by atoms with Crippen LogP contribution in [-0.4, -0.2) is 11.8 Å². The lowest BCUT2D eigenvalue weighted by Crippen LogP contribution is -2.15. The minimum absolute atomic E-state index is 0.584. The Balaban J connectivity index is 1.99. The first-order valence-electron chi connectivity index (χ1n) is 8.27. The number of allylic oxidation sites excluding steroid dienone is 9. The molecule has 0 saturated carbocycles. The van der Waals surface area contributed by atoms with Crippen molar-refractivity contribution in [3.05, 3.63) is 69.7 Å². The van der Waals surface area contributed by atoms with Crippen LogP contribution >= 0.6 is 11.8 Å². The minimum Gasteiger partial charge on any atom is -0.327 e. The molecule has 3 rings (SSSR count). The highest BCUT2D eigenvalue weighted by molar-refractivity contribution is 8.04. The predicted octanol–water partition coefficient (Wildman–Crippen LogP) is 5.06. The summed E-state index contributed by atoms with van der Waals surface area (Å²) < 4.78 is 0. The van der Waals surface area contributed by atoms with Gasteiger partial charge in [0.1, 0.15) is 0 Å². The maximum Gasteiger partial charge on any atom is 0.0378 e. The zero-order chi connectivity index (χ0) is 15.5. The van der Waals surface area contributed by atoms with Crippen molar-refractivity contribution in [2.45, 2.75) is 38.4 Å². The Morgan fingerprint density at radius 2 is 2.14 bits per heavy atom. The molecule has 2 atom stereocenters. The highest BCUT2D eigenvalue weighted by Gasteiger charge is 2.37. The summed E-state index contributed by atoms with van der Waals surface area (Å²) in [5.74, 6) is 0.596.